The Hall–Kier alpha value is -3.35. The molecule has 0 aliphatic heterocycles. The fourth-order valence-electron chi connectivity index (χ4n) is 2.19. The lowest BCUT2D eigenvalue weighted by molar-refractivity contribution is 0.0988. The maximum atomic E-state index is 13.6. The molecule has 25 heavy (non-hydrogen) atoms. The number of carbonyl (C=O) groups is 1. The summed E-state index contributed by atoms with van der Waals surface area (Å²) in [4.78, 5) is 21.9. The minimum Gasteiger partial charge on any atom is -0.334 e. The maximum absolute atomic E-state index is 13.6. The van der Waals surface area contributed by atoms with E-state index in [0.29, 0.717) is 5.69 Å². The van der Waals surface area contributed by atoms with Crippen LogP contribution in [0.5, 0.6) is 0 Å². The molecule has 0 unspecified atom stereocenters. The molecule has 2 aromatic carbocycles. The first-order valence-electron chi connectivity index (χ1n) is 7.42. The van der Waals surface area contributed by atoms with E-state index in [-0.39, 0.29) is 23.1 Å². The lowest BCUT2D eigenvalue weighted by Gasteiger charge is -2.16. The van der Waals surface area contributed by atoms with Gasteiger partial charge in [0.25, 0.3) is 5.91 Å². The summed E-state index contributed by atoms with van der Waals surface area (Å²) in [6.45, 7) is 0. The first-order chi connectivity index (χ1) is 12.1. The van der Waals surface area contributed by atoms with Crippen molar-refractivity contribution in [3.63, 3.8) is 0 Å². The SMILES string of the molecule is CN(C(=O)c1cnc(Nc2c(F)cccc2F)cn1)c1ccccc1. The van der Waals surface area contributed by atoms with Crippen molar-refractivity contribution in [2.75, 3.05) is 17.3 Å². The average molecular weight is 340 g/mol. The lowest BCUT2D eigenvalue weighted by Crippen LogP contribution is -2.27. The van der Waals surface area contributed by atoms with E-state index >= 15 is 0 Å². The van der Waals surface area contributed by atoms with Crippen LogP contribution in [0.3, 0.4) is 0 Å². The van der Waals surface area contributed by atoms with Gasteiger partial charge in [0.2, 0.25) is 0 Å². The molecule has 3 rings (SSSR count). The molecule has 5 nitrogen and oxygen atoms in total. The number of amides is 1. The van der Waals surface area contributed by atoms with Gasteiger partial charge in [-0.15, -0.1) is 0 Å². The van der Waals surface area contributed by atoms with Gasteiger partial charge in [-0.05, 0) is 24.3 Å². The molecule has 0 fully saturated rings. The van der Waals surface area contributed by atoms with Gasteiger partial charge in [0.15, 0.2) is 0 Å². The summed E-state index contributed by atoms with van der Waals surface area (Å²) in [6, 6.07) is 12.6. The average Bonchev–Trinajstić information content (AvgIpc) is 2.65. The molecular weight excluding hydrogens is 326 g/mol. The van der Waals surface area contributed by atoms with Crippen LogP contribution < -0.4 is 10.2 Å². The van der Waals surface area contributed by atoms with Crippen LogP contribution in [-0.2, 0) is 0 Å². The Morgan fingerprint density at radius 3 is 2.24 bits per heavy atom. The number of nitrogens with one attached hydrogen (secondary N) is 1. The highest BCUT2D eigenvalue weighted by atomic mass is 19.1. The van der Waals surface area contributed by atoms with Crippen molar-refractivity contribution in [1.29, 1.82) is 0 Å². The van der Waals surface area contributed by atoms with Gasteiger partial charge < -0.3 is 10.2 Å². The van der Waals surface area contributed by atoms with Crippen molar-refractivity contribution >= 4 is 23.1 Å². The van der Waals surface area contributed by atoms with E-state index in [1.807, 2.05) is 18.2 Å². The van der Waals surface area contributed by atoms with Crippen molar-refractivity contribution < 1.29 is 13.6 Å². The van der Waals surface area contributed by atoms with Crippen molar-refractivity contribution in [3.8, 4) is 0 Å². The number of hydrogen-bond donors (Lipinski definition) is 1. The standard InChI is InChI=1S/C18H14F2N4O/c1-24(12-6-3-2-4-7-12)18(25)15-10-22-16(11-21-15)23-17-13(19)8-5-9-14(17)20/h2-11H,1H3,(H,22,23). The molecule has 1 amide bonds. The Labute approximate surface area is 143 Å². The van der Waals surface area contributed by atoms with E-state index in [4.69, 9.17) is 0 Å². The van der Waals surface area contributed by atoms with Gasteiger partial charge in [-0.1, -0.05) is 24.3 Å². The van der Waals surface area contributed by atoms with Crippen LogP contribution in [0.2, 0.25) is 0 Å². The van der Waals surface area contributed by atoms with E-state index in [1.165, 1.54) is 23.4 Å². The van der Waals surface area contributed by atoms with Gasteiger partial charge >= 0.3 is 0 Å². The van der Waals surface area contributed by atoms with Crippen molar-refractivity contribution in [2.24, 2.45) is 0 Å². The molecule has 0 atom stereocenters. The summed E-state index contributed by atoms with van der Waals surface area (Å²) in [7, 11) is 1.63. The number of halogens is 2. The zero-order valence-corrected chi connectivity index (χ0v) is 13.3. The maximum Gasteiger partial charge on any atom is 0.278 e. The fraction of sp³-hybridized carbons (Fsp3) is 0.0556. The minimum atomic E-state index is -0.745. The monoisotopic (exact) mass is 340 g/mol. The second-order valence-corrected chi connectivity index (χ2v) is 5.21. The van der Waals surface area contributed by atoms with Gasteiger partial charge in [-0.2, -0.15) is 0 Å². The summed E-state index contributed by atoms with van der Waals surface area (Å²) in [5.41, 5.74) is 0.508. The van der Waals surface area contributed by atoms with Crippen LogP contribution in [0.25, 0.3) is 0 Å². The minimum absolute atomic E-state index is 0.117. The Balaban J connectivity index is 1.77. The van der Waals surface area contributed by atoms with Crippen LogP contribution in [-0.4, -0.2) is 22.9 Å². The highest BCUT2D eigenvalue weighted by molar-refractivity contribution is 6.04. The predicted molar refractivity (Wildman–Crippen MR) is 90.8 cm³/mol. The van der Waals surface area contributed by atoms with Crippen molar-refractivity contribution in [1.82, 2.24) is 9.97 Å². The second-order valence-electron chi connectivity index (χ2n) is 5.21. The molecule has 0 saturated carbocycles. The Morgan fingerprint density at radius 1 is 0.960 bits per heavy atom. The molecule has 0 radical (unpaired) electrons. The summed E-state index contributed by atoms with van der Waals surface area (Å²) < 4.78 is 27.3. The molecule has 0 spiro atoms. The summed E-state index contributed by atoms with van der Waals surface area (Å²) in [6.07, 6.45) is 2.50. The summed E-state index contributed by atoms with van der Waals surface area (Å²) in [5, 5.41) is 2.52. The van der Waals surface area contributed by atoms with Crippen LogP contribution in [0.15, 0.2) is 60.9 Å². The van der Waals surface area contributed by atoms with Crippen LogP contribution in [0.1, 0.15) is 10.5 Å². The molecule has 0 saturated heterocycles. The molecule has 126 valence electrons. The highest BCUT2D eigenvalue weighted by Gasteiger charge is 2.16. The number of aromatic nitrogens is 2. The Bertz CT molecular complexity index is 865. The number of carbonyl (C=O) groups excluding carboxylic acids is 1. The van der Waals surface area contributed by atoms with E-state index in [0.717, 1.165) is 12.1 Å². The molecule has 0 aliphatic rings. The smallest absolute Gasteiger partial charge is 0.278 e. The fourth-order valence-corrected chi connectivity index (χ4v) is 2.19. The van der Waals surface area contributed by atoms with Crippen molar-refractivity contribution in [3.05, 3.63) is 78.3 Å². The number of benzene rings is 2. The Morgan fingerprint density at radius 2 is 1.64 bits per heavy atom. The molecule has 1 aromatic heterocycles. The molecule has 1 heterocycles. The van der Waals surface area contributed by atoms with Gasteiger partial charge in [0, 0.05) is 12.7 Å². The Kier molecular flexibility index (Phi) is 4.65. The largest absolute Gasteiger partial charge is 0.334 e. The molecule has 0 aliphatic carbocycles. The van der Waals surface area contributed by atoms with Gasteiger partial charge in [-0.25, -0.2) is 18.7 Å². The molecule has 0 bridgehead atoms. The van der Waals surface area contributed by atoms with Crippen LogP contribution in [0, 0.1) is 11.6 Å². The predicted octanol–water partition coefficient (Wildman–Crippen LogP) is 3.78. The van der Waals surface area contributed by atoms with Crippen molar-refractivity contribution in [2.45, 2.75) is 0 Å². The number of hydrogen-bond acceptors (Lipinski definition) is 4. The topological polar surface area (TPSA) is 58.1 Å². The molecule has 1 N–H and O–H groups in total. The van der Waals surface area contributed by atoms with Gasteiger partial charge in [0.05, 0.1) is 12.4 Å². The first kappa shape index (κ1) is 16.5. The van der Waals surface area contributed by atoms with E-state index in [1.54, 1.807) is 19.2 Å². The third-order valence-corrected chi connectivity index (χ3v) is 3.53. The zero-order valence-electron chi connectivity index (χ0n) is 13.3. The number of nitrogens with zero attached hydrogens (tertiary/aromatic N) is 3. The lowest BCUT2D eigenvalue weighted by atomic mass is 10.2. The zero-order chi connectivity index (χ0) is 17.8. The third kappa shape index (κ3) is 3.60. The summed E-state index contributed by atoms with van der Waals surface area (Å²) >= 11 is 0. The van der Waals surface area contributed by atoms with Gasteiger partial charge in [0.1, 0.15) is 28.8 Å². The first-order valence-corrected chi connectivity index (χ1v) is 7.42. The normalized spacial score (nSPS) is 10.4. The van der Waals surface area contributed by atoms with E-state index in [9.17, 15) is 13.6 Å². The third-order valence-electron chi connectivity index (χ3n) is 3.53. The van der Waals surface area contributed by atoms with Crippen LogP contribution in [0.4, 0.5) is 26.0 Å². The summed E-state index contributed by atoms with van der Waals surface area (Å²) in [5.74, 6) is -1.71. The number of para-hydroxylation sites is 2. The van der Waals surface area contributed by atoms with E-state index < -0.39 is 11.6 Å². The highest BCUT2D eigenvalue weighted by Crippen LogP contribution is 2.21. The molecule has 7 heteroatoms. The molecule has 3 aromatic rings. The quantitative estimate of drug-likeness (QED) is 0.785. The number of rotatable bonds is 4. The van der Waals surface area contributed by atoms with Gasteiger partial charge in [-0.3, -0.25) is 4.79 Å². The molecular formula is C18H14F2N4O. The number of anilines is 3. The second kappa shape index (κ2) is 7.04. The van der Waals surface area contributed by atoms with E-state index in [2.05, 4.69) is 15.3 Å². The van der Waals surface area contributed by atoms with Crippen LogP contribution >= 0.6 is 0 Å².